The molecule has 0 spiro atoms. The van der Waals surface area contributed by atoms with Crippen LogP contribution in [0.3, 0.4) is 0 Å². The number of thiazole rings is 1. The number of phenols is 1. The van der Waals surface area contributed by atoms with Gasteiger partial charge >= 0.3 is 0 Å². The van der Waals surface area contributed by atoms with Crippen molar-refractivity contribution < 1.29 is 19.4 Å². The van der Waals surface area contributed by atoms with Gasteiger partial charge in [-0.1, -0.05) is 47.2 Å². The summed E-state index contributed by atoms with van der Waals surface area (Å²) in [7, 11) is 1.44. The van der Waals surface area contributed by atoms with Crippen LogP contribution in [-0.4, -0.2) is 29.3 Å². The fourth-order valence-corrected chi connectivity index (χ4v) is 5.79. The number of carbonyl (C=O) groups is 1. The van der Waals surface area contributed by atoms with Gasteiger partial charge in [-0.3, -0.25) is 14.2 Å². The van der Waals surface area contributed by atoms with Crippen LogP contribution < -0.4 is 29.7 Å². The number of fused-ring (bicyclic) bond motifs is 1. The van der Waals surface area contributed by atoms with Crippen molar-refractivity contribution in [3.8, 4) is 17.2 Å². The van der Waals surface area contributed by atoms with Crippen molar-refractivity contribution in [1.29, 1.82) is 0 Å². The van der Waals surface area contributed by atoms with Crippen LogP contribution in [0.1, 0.15) is 31.0 Å². The average molecular weight is 576 g/mol. The summed E-state index contributed by atoms with van der Waals surface area (Å²) in [6.45, 7) is 4.07. The standard InChI is InChI=1S/C30H26ClN3O5S/c1-4-39-23-13-11-20(31)14-19(23)16-25-29(37)34-27(18-10-12-22(35)24(15-18)38-3)26(17(2)32-30(34)40-25)28(36)33-21-8-6-5-7-9-21/h5-16,27,35H,4H2,1-3H3,(H,33,36)/b25-16-/t27-/m0/s1. The van der Waals surface area contributed by atoms with E-state index in [1.807, 2.05) is 25.1 Å². The van der Waals surface area contributed by atoms with E-state index in [1.165, 1.54) is 29.1 Å². The molecule has 2 N–H and O–H groups in total. The zero-order valence-electron chi connectivity index (χ0n) is 22.0. The van der Waals surface area contributed by atoms with Gasteiger partial charge in [0.15, 0.2) is 16.3 Å². The lowest BCUT2D eigenvalue weighted by Crippen LogP contribution is -2.40. The zero-order valence-corrected chi connectivity index (χ0v) is 23.5. The minimum atomic E-state index is -0.831. The first-order valence-corrected chi connectivity index (χ1v) is 13.7. The molecular formula is C30H26ClN3O5S. The molecular weight excluding hydrogens is 550 g/mol. The number of phenolic OH excluding ortho intramolecular Hbond substituents is 1. The molecule has 3 aromatic carbocycles. The van der Waals surface area contributed by atoms with Gasteiger partial charge in [0.25, 0.3) is 11.5 Å². The Hall–Kier alpha value is -4.34. The van der Waals surface area contributed by atoms with E-state index in [9.17, 15) is 14.7 Å². The van der Waals surface area contributed by atoms with Crippen molar-refractivity contribution >= 4 is 40.6 Å². The minimum absolute atomic E-state index is 0.0564. The number of aromatic hydroxyl groups is 1. The highest BCUT2D eigenvalue weighted by Gasteiger charge is 2.33. The van der Waals surface area contributed by atoms with Crippen molar-refractivity contribution in [2.45, 2.75) is 19.9 Å². The van der Waals surface area contributed by atoms with E-state index in [-0.39, 0.29) is 17.1 Å². The quantitative estimate of drug-likeness (QED) is 0.334. The third-order valence-corrected chi connectivity index (χ3v) is 7.59. The number of nitrogens with one attached hydrogen (secondary N) is 1. The lowest BCUT2D eigenvalue weighted by atomic mass is 9.94. The fraction of sp³-hybridized carbons (Fsp3) is 0.167. The summed E-state index contributed by atoms with van der Waals surface area (Å²) in [5.74, 6) is 0.361. The van der Waals surface area contributed by atoms with Crippen LogP contribution in [0.2, 0.25) is 5.02 Å². The summed E-state index contributed by atoms with van der Waals surface area (Å²) in [4.78, 5) is 32.8. The molecule has 1 atom stereocenters. The van der Waals surface area contributed by atoms with Crippen LogP contribution in [0.15, 0.2) is 87.8 Å². The molecule has 204 valence electrons. The van der Waals surface area contributed by atoms with Gasteiger partial charge < -0.3 is 19.9 Å². The molecule has 0 aliphatic carbocycles. The van der Waals surface area contributed by atoms with Gasteiger partial charge in [0, 0.05) is 16.3 Å². The molecule has 0 unspecified atom stereocenters. The van der Waals surface area contributed by atoms with Gasteiger partial charge in [-0.25, -0.2) is 4.99 Å². The number of allylic oxidation sites excluding steroid dienone is 1. The summed E-state index contributed by atoms with van der Waals surface area (Å²) in [6.07, 6.45) is 1.72. The Bertz CT molecular complexity index is 1810. The summed E-state index contributed by atoms with van der Waals surface area (Å²) in [5.41, 5.74) is 2.27. The monoisotopic (exact) mass is 575 g/mol. The number of hydrogen-bond donors (Lipinski definition) is 2. The second kappa shape index (κ2) is 11.4. The third-order valence-electron chi connectivity index (χ3n) is 6.38. The van der Waals surface area contributed by atoms with Gasteiger partial charge in [-0.2, -0.15) is 0 Å². The van der Waals surface area contributed by atoms with Crippen molar-refractivity contribution in [2.75, 3.05) is 19.0 Å². The summed E-state index contributed by atoms with van der Waals surface area (Å²) < 4.78 is 13.0. The second-order valence-electron chi connectivity index (χ2n) is 8.95. The number of ether oxygens (including phenoxy) is 2. The maximum atomic E-state index is 14.0. The maximum absolute atomic E-state index is 14.0. The lowest BCUT2D eigenvalue weighted by Gasteiger charge is -2.25. The topological polar surface area (TPSA) is 102 Å². The molecule has 1 amide bonds. The molecule has 0 fully saturated rings. The molecule has 1 aromatic heterocycles. The smallest absolute Gasteiger partial charge is 0.271 e. The van der Waals surface area contributed by atoms with Gasteiger partial charge in [-0.05, 0) is 68.0 Å². The fourth-order valence-electron chi connectivity index (χ4n) is 4.57. The number of hydrogen-bond acceptors (Lipinski definition) is 7. The number of nitrogens with zero attached hydrogens (tertiary/aromatic N) is 2. The summed E-state index contributed by atoms with van der Waals surface area (Å²) in [5, 5.41) is 13.7. The van der Waals surface area contributed by atoms with E-state index in [0.29, 0.717) is 54.8 Å². The van der Waals surface area contributed by atoms with Crippen LogP contribution >= 0.6 is 22.9 Å². The Morgan fingerprint density at radius 2 is 1.93 bits per heavy atom. The van der Waals surface area contributed by atoms with E-state index in [1.54, 1.807) is 55.5 Å². The van der Waals surface area contributed by atoms with Gasteiger partial charge in [0.2, 0.25) is 0 Å². The number of rotatable bonds is 7. The molecule has 0 saturated carbocycles. The van der Waals surface area contributed by atoms with Crippen molar-refractivity contribution in [2.24, 2.45) is 4.99 Å². The number of carbonyl (C=O) groups excluding carboxylic acids is 1. The van der Waals surface area contributed by atoms with E-state index in [2.05, 4.69) is 10.3 Å². The average Bonchev–Trinajstić information content (AvgIpc) is 3.24. The number of anilines is 1. The predicted octanol–water partition coefficient (Wildman–Crippen LogP) is 4.64. The number of aromatic nitrogens is 1. The van der Waals surface area contributed by atoms with E-state index in [0.717, 1.165) is 0 Å². The number of benzene rings is 3. The minimum Gasteiger partial charge on any atom is -0.504 e. The van der Waals surface area contributed by atoms with E-state index < -0.39 is 11.9 Å². The van der Waals surface area contributed by atoms with E-state index in [4.69, 9.17) is 21.1 Å². The number of halogens is 1. The number of para-hydroxylation sites is 1. The normalized spacial score (nSPS) is 14.9. The van der Waals surface area contributed by atoms with Gasteiger partial charge in [0.1, 0.15) is 5.75 Å². The molecule has 0 bridgehead atoms. The first kappa shape index (κ1) is 27.2. The molecule has 0 saturated heterocycles. The maximum Gasteiger partial charge on any atom is 0.271 e. The second-order valence-corrected chi connectivity index (χ2v) is 10.4. The van der Waals surface area contributed by atoms with Crippen LogP contribution in [0, 0.1) is 0 Å². The molecule has 40 heavy (non-hydrogen) atoms. The van der Waals surface area contributed by atoms with Crippen LogP contribution in [0.4, 0.5) is 5.69 Å². The molecule has 1 aliphatic heterocycles. The largest absolute Gasteiger partial charge is 0.504 e. The lowest BCUT2D eigenvalue weighted by molar-refractivity contribution is -0.113. The molecule has 8 nitrogen and oxygen atoms in total. The Labute approximate surface area is 239 Å². The van der Waals surface area contributed by atoms with Crippen LogP contribution in [0.5, 0.6) is 17.2 Å². The molecule has 10 heteroatoms. The SMILES string of the molecule is CCOc1ccc(Cl)cc1/C=c1\sc2n(c1=O)[C@@H](c1ccc(O)c(OC)c1)C(C(=O)Nc1ccccc1)=C(C)N=2. The van der Waals surface area contributed by atoms with E-state index >= 15 is 0 Å². The first-order chi connectivity index (χ1) is 19.3. The molecule has 4 aromatic rings. The highest BCUT2D eigenvalue weighted by Crippen LogP contribution is 2.35. The van der Waals surface area contributed by atoms with Gasteiger partial charge in [-0.15, -0.1) is 0 Å². The molecule has 1 aliphatic rings. The molecule has 0 radical (unpaired) electrons. The van der Waals surface area contributed by atoms with Crippen LogP contribution in [0.25, 0.3) is 6.08 Å². The highest BCUT2D eigenvalue weighted by molar-refractivity contribution is 7.07. The Balaban J connectivity index is 1.71. The Morgan fingerprint density at radius 3 is 2.65 bits per heavy atom. The van der Waals surface area contributed by atoms with Crippen LogP contribution in [-0.2, 0) is 4.79 Å². The summed E-state index contributed by atoms with van der Waals surface area (Å²) in [6, 6.07) is 18.2. The van der Waals surface area contributed by atoms with Gasteiger partial charge in [0.05, 0.1) is 35.6 Å². The van der Waals surface area contributed by atoms with Crippen molar-refractivity contribution in [1.82, 2.24) is 4.57 Å². The molecule has 5 rings (SSSR count). The first-order valence-electron chi connectivity index (χ1n) is 12.5. The highest BCUT2D eigenvalue weighted by atomic mass is 35.5. The number of amides is 1. The number of methoxy groups -OCH3 is 1. The van der Waals surface area contributed by atoms with Crippen molar-refractivity contribution in [3.63, 3.8) is 0 Å². The van der Waals surface area contributed by atoms with Crippen molar-refractivity contribution in [3.05, 3.63) is 114 Å². The zero-order chi connectivity index (χ0) is 28.4. The Kier molecular flexibility index (Phi) is 7.77. The molecule has 2 heterocycles. The third kappa shape index (κ3) is 5.25. The Morgan fingerprint density at radius 1 is 1.15 bits per heavy atom. The predicted molar refractivity (Wildman–Crippen MR) is 156 cm³/mol. The summed E-state index contributed by atoms with van der Waals surface area (Å²) >= 11 is 7.46.